The number of hydrogen-bond donors (Lipinski definition) is 2. The molecule has 1 heterocycles. The first kappa shape index (κ1) is 24.3. The molecule has 188 valence electrons. The Hall–Kier alpha value is -1.35. The lowest BCUT2D eigenvalue weighted by molar-refractivity contribution is -0.148. The van der Waals surface area contributed by atoms with Crippen LogP contribution in [0.1, 0.15) is 77.7 Å². The van der Waals surface area contributed by atoms with Gasteiger partial charge in [-0.1, -0.05) is 12.8 Å². The number of ether oxygens (including phenoxy) is 1. The summed E-state index contributed by atoms with van der Waals surface area (Å²) in [5, 5.41) is 27.3. The third kappa shape index (κ3) is 3.94. The highest BCUT2D eigenvalue weighted by Crippen LogP contribution is 2.66. The van der Waals surface area contributed by atoms with Crippen LogP contribution in [0.3, 0.4) is 0 Å². The fraction of sp³-hybridized carbons (Fsp3) is 0.828. The van der Waals surface area contributed by atoms with Crippen molar-refractivity contribution in [3.63, 3.8) is 0 Å². The fourth-order valence-electron chi connectivity index (χ4n) is 9.57. The van der Waals surface area contributed by atoms with Crippen LogP contribution in [0.15, 0.2) is 12.4 Å². The van der Waals surface area contributed by atoms with E-state index in [1.165, 1.54) is 32.1 Å². The quantitative estimate of drug-likeness (QED) is 0.624. The summed E-state index contributed by atoms with van der Waals surface area (Å²) in [7, 11) is 1.76. The SMILES string of the molecule is C#Cc1cnn(C[C@@](C)(O)[C@H]2CC[C@H]3[C@@H]4CC[C@@H]5C[C@](C)(O)[C@@H](COC)C[C@@H]5[C@H]4CC[C@@]32C)c1. The Morgan fingerprint density at radius 2 is 2.00 bits per heavy atom. The molecule has 0 spiro atoms. The van der Waals surface area contributed by atoms with Gasteiger partial charge in [-0.2, -0.15) is 5.10 Å². The van der Waals surface area contributed by atoms with Crippen LogP contribution < -0.4 is 0 Å². The number of aromatic nitrogens is 2. The van der Waals surface area contributed by atoms with Gasteiger partial charge in [-0.05, 0) is 106 Å². The van der Waals surface area contributed by atoms with E-state index in [0.717, 1.165) is 42.6 Å². The lowest BCUT2D eigenvalue weighted by Gasteiger charge is -2.59. The van der Waals surface area contributed by atoms with Gasteiger partial charge in [0.1, 0.15) is 0 Å². The maximum atomic E-state index is 11.7. The Kier molecular flexibility index (Phi) is 6.19. The Morgan fingerprint density at radius 3 is 2.71 bits per heavy atom. The van der Waals surface area contributed by atoms with Gasteiger partial charge in [0.2, 0.25) is 0 Å². The van der Waals surface area contributed by atoms with Crippen LogP contribution in [0.2, 0.25) is 0 Å². The molecule has 0 radical (unpaired) electrons. The standard InChI is InChI=1S/C29H44N2O3/c1-6-19-15-30-31(16-19)18-29(4,33)26-10-9-25-23-8-7-20-14-28(3,32)21(17-34-5)13-24(20)22(23)11-12-27(25,26)2/h1,15-16,20-26,32-33H,7-14,17-18H2,2-5H3/t20-,21-,22+,23-,24+,25+,26+,27+,28+,29-/m1/s1. The van der Waals surface area contributed by atoms with Crippen LogP contribution in [0, 0.1) is 59.2 Å². The molecule has 4 saturated carbocycles. The molecule has 0 saturated heterocycles. The van der Waals surface area contributed by atoms with Crippen molar-refractivity contribution in [3.05, 3.63) is 18.0 Å². The van der Waals surface area contributed by atoms with Crippen molar-refractivity contribution in [1.29, 1.82) is 0 Å². The Labute approximate surface area is 205 Å². The van der Waals surface area contributed by atoms with E-state index < -0.39 is 11.2 Å². The van der Waals surface area contributed by atoms with E-state index in [2.05, 4.69) is 17.9 Å². The van der Waals surface area contributed by atoms with Crippen LogP contribution in [-0.2, 0) is 11.3 Å². The molecular formula is C29H44N2O3. The highest BCUT2D eigenvalue weighted by Gasteiger charge is 2.61. The lowest BCUT2D eigenvalue weighted by atomic mass is 9.47. The lowest BCUT2D eigenvalue weighted by Crippen LogP contribution is -2.55. The van der Waals surface area contributed by atoms with E-state index in [1.807, 2.05) is 24.7 Å². The number of aliphatic hydroxyl groups is 2. The number of fused-ring (bicyclic) bond motifs is 5. The van der Waals surface area contributed by atoms with Crippen LogP contribution >= 0.6 is 0 Å². The number of rotatable bonds is 5. The molecule has 4 fully saturated rings. The van der Waals surface area contributed by atoms with Gasteiger partial charge >= 0.3 is 0 Å². The first-order valence-electron chi connectivity index (χ1n) is 13.5. The van der Waals surface area contributed by atoms with Crippen molar-refractivity contribution in [2.45, 2.75) is 89.9 Å². The van der Waals surface area contributed by atoms with Gasteiger partial charge in [0.25, 0.3) is 0 Å². The zero-order valence-corrected chi connectivity index (χ0v) is 21.5. The van der Waals surface area contributed by atoms with E-state index in [9.17, 15) is 10.2 Å². The molecule has 2 N–H and O–H groups in total. The monoisotopic (exact) mass is 468 g/mol. The summed E-state index contributed by atoms with van der Waals surface area (Å²) in [5.74, 6) is 6.72. The van der Waals surface area contributed by atoms with Crippen LogP contribution in [-0.4, -0.2) is 44.9 Å². The molecule has 1 aromatic heterocycles. The third-order valence-electron chi connectivity index (χ3n) is 11.0. The average molecular weight is 469 g/mol. The highest BCUT2D eigenvalue weighted by molar-refractivity contribution is 5.26. The van der Waals surface area contributed by atoms with Gasteiger partial charge in [0.05, 0.1) is 36.1 Å². The number of methoxy groups -OCH3 is 1. The fourth-order valence-corrected chi connectivity index (χ4v) is 9.57. The topological polar surface area (TPSA) is 67.5 Å². The molecule has 5 heteroatoms. The largest absolute Gasteiger partial charge is 0.390 e. The summed E-state index contributed by atoms with van der Waals surface area (Å²) in [6.07, 6.45) is 18.4. The summed E-state index contributed by atoms with van der Waals surface area (Å²) in [6, 6.07) is 0. The maximum absolute atomic E-state index is 11.7. The second-order valence-corrected chi connectivity index (χ2v) is 13.0. The van der Waals surface area contributed by atoms with Crippen molar-refractivity contribution in [3.8, 4) is 12.3 Å². The number of nitrogens with zero attached hydrogens (tertiary/aromatic N) is 2. The van der Waals surface area contributed by atoms with Gasteiger partial charge in [0.15, 0.2) is 0 Å². The number of hydrogen-bond acceptors (Lipinski definition) is 4. The number of terminal acetylenes is 1. The van der Waals surface area contributed by atoms with Gasteiger partial charge in [0, 0.05) is 19.2 Å². The molecule has 0 unspecified atom stereocenters. The highest BCUT2D eigenvalue weighted by atomic mass is 16.5. The van der Waals surface area contributed by atoms with E-state index in [0.29, 0.717) is 25.0 Å². The summed E-state index contributed by atoms with van der Waals surface area (Å²) >= 11 is 0. The summed E-state index contributed by atoms with van der Waals surface area (Å²) < 4.78 is 7.35. The van der Waals surface area contributed by atoms with Gasteiger partial charge in [-0.3, -0.25) is 4.68 Å². The van der Waals surface area contributed by atoms with Crippen molar-refractivity contribution in [2.75, 3.05) is 13.7 Å². The molecule has 1 aromatic rings. The van der Waals surface area contributed by atoms with Crippen molar-refractivity contribution >= 4 is 0 Å². The molecule has 34 heavy (non-hydrogen) atoms. The molecule has 0 amide bonds. The maximum Gasteiger partial charge on any atom is 0.0848 e. The molecule has 5 rings (SSSR count). The normalized spacial score (nSPS) is 45.5. The van der Waals surface area contributed by atoms with E-state index in [4.69, 9.17) is 11.2 Å². The molecule has 0 aliphatic heterocycles. The molecule has 0 aromatic carbocycles. The molecule has 0 bridgehead atoms. The third-order valence-corrected chi connectivity index (χ3v) is 11.0. The summed E-state index contributed by atoms with van der Waals surface area (Å²) in [5.41, 5.74) is -0.470. The minimum Gasteiger partial charge on any atom is -0.390 e. The molecule has 5 nitrogen and oxygen atoms in total. The zero-order chi connectivity index (χ0) is 24.3. The van der Waals surface area contributed by atoms with Gasteiger partial charge < -0.3 is 14.9 Å². The smallest absolute Gasteiger partial charge is 0.0848 e. The Bertz CT molecular complexity index is 930. The van der Waals surface area contributed by atoms with Crippen LogP contribution in [0.5, 0.6) is 0 Å². The minimum atomic E-state index is -0.807. The van der Waals surface area contributed by atoms with Crippen LogP contribution in [0.25, 0.3) is 0 Å². The summed E-state index contributed by atoms with van der Waals surface area (Å²) in [6.45, 7) is 7.68. The predicted octanol–water partition coefficient (Wildman–Crippen LogP) is 4.51. The zero-order valence-electron chi connectivity index (χ0n) is 21.5. The van der Waals surface area contributed by atoms with Gasteiger partial charge in [-0.15, -0.1) is 6.42 Å². The van der Waals surface area contributed by atoms with Crippen molar-refractivity contribution in [1.82, 2.24) is 9.78 Å². The first-order valence-corrected chi connectivity index (χ1v) is 13.5. The first-order chi connectivity index (χ1) is 16.1. The Balaban J connectivity index is 1.33. The van der Waals surface area contributed by atoms with E-state index in [-0.39, 0.29) is 17.3 Å². The van der Waals surface area contributed by atoms with Gasteiger partial charge in [-0.25, -0.2) is 0 Å². The molecule has 4 aliphatic rings. The second-order valence-electron chi connectivity index (χ2n) is 13.0. The average Bonchev–Trinajstić information content (AvgIpc) is 3.37. The molecule has 4 aliphatic carbocycles. The van der Waals surface area contributed by atoms with E-state index >= 15 is 0 Å². The van der Waals surface area contributed by atoms with E-state index in [1.54, 1.807) is 13.3 Å². The predicted molar refractivity (Wildman–Crippen MR) is 133 cm³/mol. The van der Waals surface area contributed by atoms with Crippen molar-refractivity contribution in [2.24, 2.45) is 46.8 Å². The van der Waals surface area contributed by atoms with Crippen molar-refractivity contribution < 1.29 is 14.9 Å². The van der Waals surface area contributed by atoms with Crippen LogP contribution in [0.4, 0.5) is 0 Å². The minimum absolute atomic E-state index is 0.172. The molecular weight excluding hydrogens is 424 g/mol. The summed E-state index contributed by atoms with van der Waals surface area (Å²) in [4.78, 5) is 0. The second kappa shape index (κ2) is 8.64. The molecule has 10 atom stereocenters. The Morgan fingerprint density at radius 1 is 1.21 bits per heavy atom.